The normalized spacial score (nSPS) is 18.4. The molecule has 1 aliphatic heterocycles. The Balaban J connectivity index is 1.96. The van der Waals surface area contributed by atoms with E-state index in [0.717, 1.165) is 43.2 Å². The SMILES string of the molecule is CCNC(=NCCS(=O)(=O)c1ccc(Br)cc1)N(C)CC1CCOC1. The van der Waals surface area contributed by atoms with Crippen molar-refractivity contribution in [1.29, 1.82) is 0 Å². The van der Waals surface area contributed by atoms with Crippen LogP contribution in [0.2, 0.25) is 0 Å². The molecule has 1 N–H and O–H groups in total. The summed E-state index contributed by atoms with van der Waals surface area (Å²) in [6.07, 6.45) is 1.06. The zero-order valence-corrected chi connectivity index (χ0v) is 17.1. The Morgan fingerprint density at radius 2 is 2.12 bits per heavy atom. The minimum absolute atomic E-state index is 0.0100. The van der Waals surface area contributed by atoms with Gasteiger partial charge in [0.1, 0.15) is 0 Å². The molecule has 140 valence electrons. The first-order valence-corrected chi connectivity index (χ1v) is 10.9. The highest BCUT2D eigenvalue weighted by molar-refractivity contribution is 9.10. The van der Waals surface area contributed by atoms with Gasteiger partial charge in [-0.3, -0.25) is 4.99 Å². The predicted octanol–water partition coefficient (Wildman–Crippen LogP) is 2.16. The van der Waals surface area contributed by atoms with Crippen molar-refractivity contribution in [3.05, 3.63) is 28.7 Å². The summed E-state index contributed by atoms with van der Waals surface area (Å²) in [5, 5.41) is 3.22. The first kappa shape index (κ1) is 20.2. The number of halogens is 1. The van der Waals surface area contributed by atoms with Crippen molar-refractivity contribution < 1.29 is 13.2 Å². The fourth-order valence-corrected chi connectivity index (χ4v) is 4.08. The first-order valence-electron chi connectivity index (χ1n) is 8.48. The maximum absolute atomic E-state index is 12.4. The van der Waals surface area contributed by atoms with E-state index in [1.165, 1.54) is 0 Å². The van der Waals surface area contributed by atoms with Crippen molar-refractivity contribution in [2.45, 2.75) is 18.2 Å². The molecule has 8 heteroatoms. The van der Waals surface area contributed by atoms with Gasteiger partial charge < -0.3 is 15.0 Å². The fourth-order valence-electron chi connectivity index (χ4n) is 2.70. The van der Waals surface area contributed by atoms with Gasteiger partial charge in [-0.05, 0) is 37.6 Å². The molecule has 1 saturated heterocycles. The monoisotopic (exact) mass is 431 g/mol. The van der Waals surface area contributed by atoms with Gasteiger partial charge in [0.05, 0.1) is 23.8 Å². The minimum Gasteiger partial charge on any atom is -0.381 e. The molecule has 2 rings (SSSR count). The van der Waals surface area contributed by atoms with E-state index in [0.29, 0.717) is 10.8 Å². The average molecular weight is 432 g/mol. The van der Waals surface area contributed by atoms with E-state index in [4.69, 9.17) is 4.74 Å². The van der Waals surface area contributed by atoms with Crippen molar-refractivity contribution >= 4 is 31.7 Å². The van der Waals surface area contributed by atoms with Gasteiger partial charge in [0.25, 0.3) is 0 Å². The quantitative estimate of drug-likeness (QED) is 0.528. The van der Waals surface area contributed by atoms with Crippen LogP contribution in [0, 0.1) is 5.92 Å². The van der Waals surface area contributed by atoms with Gasteiger partial charge in [0.2, 0.25) is 0 Å². The van der Waals surface area contributed by atoms with Crippen molar-refractivity contribution in [2.75, 3.05) is 45.6 Å². The smallest absolute Gasteiger partial charge is 0.193 e. The standard InChI is InChI=1S/C17H26BrN3O3S/c1-3-19-17(21(2)12-14-8-10-24-13-14)20-9-11-25(22,23)16-6-4-15(18)5-7-16/h4-7,14H,3,8-13H2,1-2H3,(H,19,20). The summed E-state index contributed by atoms with van der Waals surface area (Å²) in [6.45, 7) is 5.42. The number of sulfone groups is 1. The molecule has 0 aliphatic carbocycles. The summed E-state index contributed by atoms with van der Waals surface area (Å²) in [4.78, 5) is 6.86. The molecule has 1 aliphatic rings. The molecule has 0 aromatic heterocycles. The van der Waals surface area contributed by atoms with Crippen LogP contribution in [0.3, 0.4) is 0 Å². The van der Waals surface area contributed by atoms with Gasteiger partial charge in [0, 0.05) is 37.1 Å². The van der Waals surface area contributed by atoms with Gasteiger partial charge in [-0.2, -0.15) is 0 Å². The molecule has 6 nitrogen and oxygen atoms in total. The second kappa shape index (κ2) is 9.54. The molecule has 0 bridgehead atoms. The van der Waals surface area contributed by atoms with Crippen LogP contribution in [0.4, 0.5) is 0 Å². The average Bonchev–Trinajstić information content (AvgIpc) is 3.07. The molecule has 1 heterocycles. The Morgan fingerprint density at radius 1 is 1.40 bits per heavy atom. The summed E-state index contributed by atoms with van der Waals surface area (Å²) in [5.41, 5.74) is 0. The molecule has 1 fully saturated rings. The molecule has 1 unspecified atom stereocenters. The molecule has 0 saturated carbocycles. The lowest BCUT2D eigenvalue weighted by molar-refractivity contribution is 0.181. The van der Waals surface area contributed by atoms with E-state index in [-0.39, 0.29) is 12.3 Å². The van der Waals surface area contributed by atoms with Crippen LogP contribution in [0.25, 0.3) is 0 Å². The third-order valence-electron chi connectivity index (χ3n) is 4.05. The van der Waals surface area contributed by atoms with E-state index in [1.54, 1.807) is 24.3 Å². The number of rotatable bonds is 7. The Kier molecular flexibility index (Phi) is 7.71. The molecule has 0 amide bonds. The summed E-state index contributed by atoms with van der Waals surface area (Å²) < 4.78 is 31.1. The summed E-state index contributed by atoms with van der Waals surface area (Å²) in [7, 11) is -1.35. The fraction of sp³-hybridized carbons (Fsp3) is 0.588. The molecule has 1 aromatic carbocycles. The van der Waals surface area contributed by atoms with Gasteiger partial charge in [-0.15, -0.1) is 0 Å². The van der Waals surface area contributed by atoms with Crippen LogP contribution in [-0.4, -0.2) is 64.9 Å². The van der Waals surface area contributed by atoms with Crippen LogP contribution in [-0.2, 0) is 14.6 Å². The lowest BCUT2D eigenvalue weighted by Crippen LogP contribution is -2.41. The van der Waals surface area contributed by atoms with Crippen molar-refractivity contribution in [1.82, 2.24) is 10.2 Å². The van der Waals surface area contributed by atoms with Gasteiger partial charge >= 0.3 is 0 Å². The van der Waals surface area contributed by atoms with Crippen molar-refractivity contribution in [3.63, 3.8) is 0 Å². The zero-order chi connectivity index (χ0) is 18.3. The Morgan fingerprint density at radius 3 is 2.72 bits per heavy atom. The van der Waals surface area contributed by atoms with Crippen LogP contribution in [0.1, 0.15) is 13.3 Å². The Labute approximate surface area is 158 Å². The van der Waals surface area contributed by atoms with E-state index in [9.17, 15) is 8.42 Å². The number of hydrogen-bond acceptors (Lipinski definition) is 4. The van der Waals surface area contributed by atoms with Gasteiger partial charge in [0.15, 0.2) is 15.8 Å². The first-order chi connectivity index (χ1) is 11.9. The number of guanidine groups is 1. The lowest BCUT2D eigenvalue weighted by atomic mass is 10.1. The molecule has 1 aromatic rings. The molecule has 25 heavy (non-hydrogen) atoms. The second-order valence-corrected chi connectivity index (χ2v) is 9.14. The van der Waals surface area contributed by atoms with Crippen LogP contribution >= 0.6 is 15.9 Å². The molecule has 0 spiro atoms. The number of nitrogens with zero attached hydrogens (tertiary/aromatic N) is 2. The summed E-state index contributed by atoms with van der Waals surface area (Å²) in [6, 6.07) is 6.69. The van der Waals surface area contributed by atoms with E-state index < -0.39 is 9.84 Å². The van der Waals surface area contributed by atoms with Crippen LogP contribution in [0.15, 0.2) is 38.6 Å². The number of benzene rings is 1. The summed E-state index contributed by atoms with van der Waals surface area (Å²) >= 11 is 3.31. The Bertz CT molecular complexity index is 671. The summed E-state index contributed by atoms with van der Waals surface area (Å²) in [5.74, 6) is 1.23. The van der Waals surface area contributed by atoms with Gasteiger partial charge in [-0.1, -0.05) is 15.9 Å². The van der Waals surface area contributed by atoms with E-state index >= 15 is 0 Å². The minimum atomic E-state index is -3.33. The maximum Gasteiger partial charge on any atom is 0.193 e. The molecule has 1 atom stereocenters. The zero-order valence-electron chi connectivity index (χ0n) is 14.7. The third-order valence-corrected chi connectivity index (χ3v) is 6.29. The van der Waals surface area contributed by atoms with E-state index in [2.05, 4.69) is 31.1 Å². The van der Waals surface area contributed by atoms with Crippen molar-refractivity contribution in [3.8, 4) is 0 Å². The molecular weight excluding hydrogens is 406 g/mol. The highest BCUT2D eigenvalue weighted by atomic mass is 79.9. The number of aliphatic imine (C=N–C) groups is 1. The maximum atomic E-state index is 12.4. The number of hydrogen-bond donors (Lipinski definition) is 1. The second-order valence-electron chi connectivity index (χ2n) is 6.12. The van der Waals surface area contributed by atoms with Gasteiger partial charge in [-0.25, -0.2) is 8.42 Å². The number of nitrogens with one attached hydrogen (secondary N) is 1. The van der Waals surface area contributed by atoms with Crippen LogP contribution in [0.5, 0.6) is 0 Å². The van der Waals surface area contributed by atoms with E-state index in [1.807, 2.05) is 14.0 Å². The number of ether oxygens (including phenoxy) is 1. The highest BCUT2D eigenvalue weighted by Gasteiger charge is 2.19. The highest BCUT2D eigenvalue weighted by Crippen LogP contribution is 2.16. The van der Waals surface area contributed by atoms with Crippen molar-refractivity contribution in [2.24, 2.45) is 10.9 Å². The topological polar surface area (TPSA) is 71.0 Å². The lowest BCUT2D eigenvalue weighted by Gasteiger charge is -2.24. The Hall–Kier alpha value is -1.12. The molecule has 0 radical (unpaired) electrons. The molecular formula is C17H26BrN3O3S. The largest absolute Gasteiger partial charge is 0.381 e. The predicted molar refractivity (Wildman–Crippen MR) is 104 cm³/mol. The third kappa shape index (κ3) is 6.27. The van der Waals surface area contributed by atoms with Crippen LogP contribution < -0.4 is 5.32 Å².